The van der Waals surface area contributed by atoms with Gasteiger partial charge in [0.25, 0.3) is 0 Å². The van der Waals surface area contributed by atoms with Gasteiger partial charge in [0.05, 0.1) is 0 Å². The summed E-state index contributed by atoms with van der Waals surface area (Å²) in [6.45, 7) is 0. The zero-order valence-electron chi connectivity index (χ0n) is 4.00. The van der Waals surface area contributed by atoms with Gasteiger partial charge in [0.2, 0.25) is 0 Å². The van der Waals surface area contributed by atoms with Gasteiger partial charge >= 0.3 is 82.6 Å². The van der Waals surface area contributed by atoms with E-state index in [9.17, 15) is 21.7 Å². The van der Waals surface area contributed by atoms with Gasteiger partial charge in [0.15, 0.2) is 0 Å². The third-order valence-corrected chi connectivity index (χ3v) is 2.86. The minimum atomic E-state index is -5.68. The van der Waals surface area contributed by atoms with Gasteiger partial charge in [-0.2, -0.15) is 0 Å². The Bertz CT molecular complexity index is 193. The topological polar surface area (TPSA) is 43.4 Å². The predicted octanol–water partition coefficient (Wildman–Crippen LogP) is 0.737. The normalized spacial score (nSPS) is 14.0. The maximum absolute atomic E-state index is 11.2. The van der Waals surface area contributed by atoms with E-state index in [1.165, 1.54) is 0 Å². The number of hydrogen-bond acceptors (Lipinski definition) is 3. The summed E-state index contributed by atoms with van der Waals surface area (Å²) in [6, 6.07) is 0. The molecule has 0 unspecified atom stereocenters. The summed E-state index contributed by atoms with van der Waals surface area (Å²) in [6.07, 6.45) is 0. The van der Waals surface area contributed by atoms with Gasteiger partial charge in [-0.25, -0.2) is 0 Å². The van der Waals surface area contributed by atoms with Crippen LogP contribution in [0.4, 0.5) is 13.3 Å². The molecule has 0 aliphatic carbocycles. The molecule has 0 saturated carbocycles. The Kier molecular flexibility index (Phi) is 4.19. The summed E-state index contributed by atoms with van der Waals surface area (Å²) in [5.41, 5.74) is -5.52. The van der Waals surface area contributed by atoms with E-state index in [4.69, 9.17) is 0 Å². The zero-order valence-corrected chi connectivity index (χ0v) is 6.83. The molecule has 0 amide bonds. The molecule has 0 fully saturated rings. The van der Waals surface area contributed by atoms with Crippen molar-refractivity contribution in [3.8, 4) is 0 Å². The molecule has 9 heteroatoms. The fraction of sp³-hybridized carbons (Fsp3) is 1.00. The van der Waals surface area contributed by atoms with Crippen LogP contribution in [0.15, 0.2) is 0 Å². The molecule has 10 heavy (non-hydrogen) atoms. The molecule has 0 heterocycles. The molecule has 0 bridgehead atoms. The molecule has 0 aromatic carbocycles. The van der Waals surface area contributed by atoms with E-state index in [-0.39, 0.29) is 0 Å². The molecule has 0 spiro atoms. The molecule has 0 aromatic heterocycles. The van der Waals surface area contributed by atoms with E-state index in [0.717, 1.165) is 0 Å². The van der Waals surface area contributed by atoms with Crippen molar-refractivity contribution in [1.29, 1.82) is 0 Å². The van der Waals surface area contributed by atoms with E-state index >= 15 is 0 Å². The fourth-order valence-corrected chi connectivity index (χ4v) is 1.26. The molecule has 0 aromatic rings. The second-order valence-electron chi connectivity index (χ2n) is 1.01. The zero-order chi connectivity index (χ0) is 8.41. The molecule has 0 atom stereocenters. The van der Waals surface area contributed by atoms with Crippen LogP contribution in [0.2, 0.25) is 0 Å². The standard InChI is InChI=1S/CF4O3SXe/c2-1(3,4)9(6,7)8-10-5. The molecule has 0 saturated heterocycles. The first-order chi connectivity index (χ1) is 4.31. The second-order valence-corrected chi connectivity index (χ2v) is 3.82. The Hall–Kier alpha value is 1.20. The predicted molar refractivity (Wildman–Crippen MR) is 17.2 cm³/mol. The molecule has 0 aliphatic rings. The Morgan fingerprint density at radius 3 is 1.80 bits per heavy atom. The summed E-state index contributed by atoms with van der Waals surface area (Å²) < 4.78 is 66.7. The molecule has 3 nitrogen and oxygen atoms in total. The van der Waals surface area contributed by atoms with Crippen molar-refractivity contribution < 1.29 is 66.9 Å². The summed E-state index contributed by atoms with van der Waals surface area (Å²) in [4.78, 5) is 0. The average molecular weight is 299 g/mol. The minimum absolute atomic E-state index is 2.70. The summed E-state index contributed by atoms with van der Waals surface area (Å²) in [5, 5.41) is 0. The molecular weight excluding hydrogens is 299 g/mol. The van der Waals surface area contributed by atoms with Crippen molar-refractivity contribution in [2.45, 2.75) is 5.51 Å². The summed E-state index contributed by atoms with van der Waals surface area (Å²) >= 11 is -2.70. The maximum atomic E-state index is 11.2. The number of rotatable bonds is 2. The van der Waals surface area contributed by atoms with E-state index in [1.807, 2.05) is 0 Å². The molecule has 0 rings (SSSR count). The van der Waals surface area contributed by atoms with Crippen LogP contribution in [-0.4, -0.2) is 13.9 Å². The fourth-order valence-electron chi connectivity index (χ4n) is 0.0627. The number of hydrogen-bond donors (Lipinski definition) is 0. The molecule has 64 valence electrons. The van der Waals surface area contributed by atoms with Gasteiger partial charge in [-0.1, -0.05) is 0 Å². The number of halogens is 4. The third-order valence-electron chi connectivity index (χ3n) is 0.383. The first-order valence-electron chi connectivity index (χ1n) is 1.55. The van der Waals surface area contributed by atoms with E-state index in [0.29, 0.717) is 0 Å². The van der Waals surface area contributed by atoms with Crippen LogP contribution >= 0.6 is 0 Å². The number of alkyl halides is 3. The van der Waals surface area contributed by atoms with Crippen molar-refractivity contribution in [3.63, 3.8) is 0 Å². The van der Waals surface area contributed by atoms with Crippen molar-refractivity contribution >= 4 is 10.1 Å². The van der Waals surface area contributed by atoms with Crippen molar-refractivity contribution in [3.05, 3.63) is 0 Å². The molecule has 0 aliphatic heterocycles. The van der Waals surface area contributed by atoms with Crippen molar-refractivity contribution in [2.24, 2.45) is 0 Å². The van der Waals surface area contributed by atoms with Gasteiger partial charge in [-0.3, -0.25) is 0 Å². The van der Waals surface area contributed by atoms with Crippen molar-refractivity contribution in [1.82, 2.24) is 0 Å². The van der Waals surface area contributed by atoms with Crippen LogP contribution in [0.25, 0.3) is 0 Å². The Balaban J connectivity index is 4.44. The van der Waals surface area contributed by atoms with E-state index in [1.54, 1.807) is 0 Å². The quantitative estimate of drug-likeness (QED) is 0.558. The molecular formula is CF4O3SXe. The molecule has 0 N–H and O–H groups in total. The van der Waals surface area contributed by atoms with Crippen LogP contribution in [0, 0.1) is 45.8 Å². The van der Waals surface area contributed by atoms with Crippen molar-refractivity contribution in [2.75, 3.05) is 0 Å². The Morgan fingerprint density at radius 1 is 1.30 bits per heavy atom. The average Bonchev–Trinajstić information content (AvgIpc) is 1.61. The first kappa shape index (κ1) is 11.2. The SMILES string of the molecule is O=S(=O)(O[Xe]F)C(F)(F)F. The van der Waals surface area contributed by atoms with Gasteiger partial charge in [0, 0.05) is 0 Å². The van der Waals surface area contributed by atoms with Crippen LogP contribution < -0.4 is 0 Å². The van der Waals surface area contributed by atoms with Gasteiger partial charge in [-0.15, -0.1) is 0 Å². The van der Waals surface area contributed by atoms with Gasteiger partial charge in [0.1, 0.15) is 0 Å². The van der Waals surface area contributed by atoms with Crippen LogP contribution in [0.5, 0.6) is 0 Å². The third kappa shape index (κ3) is 3.07. The summed E-state index contributed by atoms with van der Waals surface area (Å²) in [5.74, 6) is 0. The monoisotopic (exact) mass is 300 g/mol. The molecule has 0 radical (unpaired) electrons. The van der Waals surface area contributed by atoms with E-state index in [2.05, 4.69) is -0.497 Å². The first-order valence-corrected chi connectivity index (χ1v) is 4.54. The van der Waals surface area contributed by atoms with Gasteiger partial charge in [-0.05, 0) is 0 Å². The van der Waals surface area contributed by atoms with Crippen LogP contribution in [0.3, 0.4) is 0 Å². The summed E-state index contributed by atoms with van der Waals surface area (Å²) in [7, 11) is -5.68. The van der Waals surface area contributed by atoms with Gasteiger partial charge < -0.3 is 0 Å². The van der Waals surface area contributed by atoms with Crippen LogP contribution in [-0.2, 0) is 9.62 Å². The van der Waals surface area contributed by atoms with E-state index < -0.39 is 61.4 Å². The Morgan fingerprint density at radius 2 is 1.70 bits per heavy atom. The second kappa shape index (κ2) is 3.74. The Labute approximate surface area is 81.4 Å². The van der Waals surface area contributed by atoms with Crippen LogP contribution in [0.1, 0.15) is 0 Å².